The summed E-state index contributed by atoms with van der Waals surface area (Å²) in [5, 5.41) is 12.4. The second-order valence-electron chi connectivity index (χ2n) is 5.59. The number of aliphatic carboxylic acids is 1. The van der Waals surface area contributed by atoms with Crippen molar-refractivity contribution in [3.63, 3.8) is 0 Å². The van der Waals surface area contributed by atoms with Gasteiger partial charge in [0.2, 0.25) is 5.91 Å². The molecule has 2 N–H and O–H groups in total. The number of carboxylic acids is 1. The maximum absolute atomic E-state index is 12.1. The highest BCUT2D eigenvalue weighted by Gasteiger charge is 2.39. The van der Waals surface area contributed by atoms with Crippen LogP contribution in [0.15, 0.2) is 24.3 Å². The number of carbonyl (C=O) groups is 2. The monoisotopic (exact) mass is 309 g/mol. The van der Waals surface area contributed by atoms with E-state index in [-0.39, 0.29) is 17.9 Å². The molecule has 0 radical (unpaired) electrons. The molecule has 21 heavy (non-hydrogen) atoms. The van der Waals surface area contributed by atoms with Gasteiger partial charge in [-0.2, -0.15) is 0 Å². The van der Waals surface area contributed by atoms with Gasteiger partial charge in [-0.05, 0) is 49.8 Å². The molecule has 0 heterocycles. The Balaban J connectivity index is 1.88. The molecule has 0 saturated heterocycles. The number of hydrogen-bond acceptors (Lipinski definition) is 2. The summed E-state index contributed by atoms with van der Waals surface area (Å²) < 4.78 is 0. The van der Waals surface area contributed by atoms with Crippen LogP contribution in [0.1, 0.15) is 50.5 Å². The van der Waals surface area contributed by atoms with Crippen molar-refractivity contribution in [2.75, 3.05) is 0 Å². The Bertz CT molecular complexity index is 509. The number of carbonyl (C=O) groups excluding carboxylic acids is 1. The van der Waals surface area contributed by atoms with Gasteiger partial charge in [-0.15, -0.1) is 0 Å². The molecule has 114 valence electrons. The maximum atomic E-state index is 12.1. The normalized spacial score (nSPS) is 16.0. The molecule has 1 aromatic rings. The first-order valence-corrected chi connectivity index (χ1v) is 7.68. The molecular weight excluding hydrogens is 290 g/mol. The second-order valence-corrected chi connectivity index (χ2v) is 6.03. The molecule has 5 heteroatoms. The van der Waals surface area contributed by atoms with E-state index in [1.165, 1.54) is 0 Å². The zero-order valence-electron chi connectivity index (χ0n) is 11.9. The average molecular weight is 310 g/mol. The minimum atomic E-state index is -0.813. The van der Waals surface area contributed by atoms with Crippen molar-refractivity contribution in [2.24, 2.45) is 0 Å². The predicted molar refractivity (Wildman–Crippen MR) is 81.2 cm³/mol. The predicted octanol–water partition coefficient (Wildman–Crippen LogP) is 3.48. The minimum absolute atomic E-state index is 0.00459. The zero-order valence-corrected chi connectivity index (χ0v) is 12.7. The fourth-order valence-electron chi connectivity index (χ4n) is 2.68. The first-order valence-electron chi connectivity index (χ1n) is 7.31. The van der Waals surface area contributed by atoms with Crippen molar-refractivity contribution >= 4 is 23.5 Å². The summed E-state index contributed by atoms with van der Waals surface area (Å²) in [4.78, 5) is 22.5. The lowest BCUT2D eigenvalue weighted by molar-refractivity contribution is -0.137. The van der Waals surface area contributed by atoms with Gasteiger partial charge in [0.15, 0.2) is 0 Å². The summed E-state index contributed by atoms with van der Waals surface area (Å²) in [5.74, 6) is -0.818. The van der Waals surface area contributed by atoms with Crippen molar-refractivity contribution in [3.8, 4) is 0 Å². The Hall–Kier alpha value is -1.55. The lowest BCUT2D eigenvalue weighted by Crippen LogP contribution is -2.50. The second kappa shape index (κ2) is 6.94. The van der Waals surface area contributed by atoms with Crippen LogP contribution in [0.3, 0.4) is 0 Å². The summed E-state index contributed by atoms with van der Waals surface area (Å²) in [7, 11) is 0. The molecule has 0 atom stereocenters. The molecule has 0 aliphatic heterocycles. The summed E-state index contributed by atoms with van der Waals surface area (Å²) in [6.45, 7) is 0. The fourth-order valence-corrected chi connectivity index (χ4v) is 2.80. The van der Waals surface area contributed by atoms with Gasteiger partial charge < -0.3 is 10.4 Å². The van der Waals surface area contributed by atoms with E-state index >= 15 is 0 Å². The van der Waals surface area contributed by atoms with E-state index in [4.69, 9.17) is 16.7 Å². The van der Waals surface area contributed by atoms with E-state index in [1.807, 2.05) is 24.3 Å². The summed E-state index contributed by atoms with van der Waals surface area (Å²) in [6, 6.07) is 7.62. The maximum Gasteiger partial charge on any atom is 0.303 e. The molecule has 1 fully saturated rings. The Kier molecular flexibility index (Phi) is 5.23. The first kappa shape index (κ1) is 15.8. The number of unbranched alkanes of at least 4 members (excludes halogenated alkanes) is 1. The van der Waals surface area contributed by atoms with Crippen molar-refractivity contribution in [1.82, 2.24) is 5.32 Å². The Labute approximate surface area is 129 Å². The van der Waals surface area contributed by atoms with Crippen LogP contribution in [-0.4, -0.2) is 17.0 Å². The van der Waals surface area contributed by atoms with Crippen LogP contribution in [0.2, 0.25) is 5.02 Å². The van der Waals surface area contributed by atoms with Crippen LogP contribution in [0.25, 0.3) is 0 Å². The summed E-state index contributed by atoms with van der Waals surface area (Å²) in [5.41, 5.74) is 0.839. The standard InChI is InChI=1S/C16H20ClNO3/c17-13-8-6-12(7-9-13)16(10-3-11-16)18-14(19)4-1-2-5-15(20)21/h6-9H,1-5,10-11H2,(H,18,19)(H,20,21). The quantitative estimate of drug-likeness (QED) is 0.758. The van der Waals surface area contributed by atoms with Gasteiger partial charge >= 0.3 is 5.97 Å². The molecule has 1 aromatic carbocycles. The van der Waals surface area contributed by atoms with Crippen LogP contribution >= 0.6 is 11.6 Å². The highest BCUT2D eigenvalue weighted by atomic mass is 35.5. The Morgan fingerprint density at radius 3 is 2.29 bits per heavy atom. The number of carboxylic acid groups (broad SMARTS) is 1. The Morgan fingerprint density at radius 1 is 1.14 bits per heavy atom. The van der Waals surface area contributed by atoms with E-state index in [2.05, 4.69) is 5.32 Å². The first-order chi connectivity index (χ1) is 10.0. The molecule has 2 rings (SSSR count). The van der Waals surface area contributed by atoms with E-state index in [9.17, 15) is 9.59 Å². The lowest BCUT2D eigenvalue weighted by Gasteiger charge is -2.43. The molecule has 4 nitrogen and oxygen atoms in total. The van der Waals surface area contributed by atoms with Crippen molar-refractivity contribution in [3.05, 3.63) is 34.9 Å². The number of nitrogens with one attached hydrogen (secondary N) is 1. The highest BCUT2D eigenvalue weighted by Crippen LogP contribution is 2.41. The molecule has 0 aromatic heterocycles. The van der Waals surface area contributed by atoms with E-state index in [1.54, 1.807) is 0 Å². The molecule has 1 saturated carbocycles. The van der Waals surface area contributed by atoms with Gasteiger partial charge in [0, 0.05) is 17.9 Å². The SMILES string of the molecule is O=C(O)CCCCC(=O)NC1(c2ccc(Cl)cc2)CCC1. The van der Waals surface area contributed by atoms with Crippen LogP contribution in [0.4, 0.5) is 0 Å². The van der Waals surface area contributed by atoms with Gasteiger partial charge in [0.1, 0.15) is 0 Å². The number of rotatable bonds is 7. The molecule has 0 bridgehead atoms. The topological polar surface area (TPSA) is 66.4 Å². The highest BCUT2D eigenvalue weighted by molar-refractivity contribution is 6.30. The minimum Gasteiger partial charge on any atom is -0.481 e. The van der Waals surface area contributed by atoms with Gasteiger partial charge in [0.25, 0.3) is 0 Å². The lowest BCUT2D eigenvalue weighted by atomic mass is 9.71. The largest absolute Gasteiger partial charge is 0.481 e. The van der Waals surface area contributed by atoms with Gasteiger partial charge in [-0.3, -0.25) is 9.59 Å². The summed E-state index contributed by atoms with van der Waals surface area (Å²) >= 11 is 5.90. The van der Waals surface area contributed by atoms with Gasteiger partial charge in [0.05, 0.1) is 5.54 Å². The van der Waals surface area contributed by atoms with Crippen molar-refractivity contribution < 1.29 is 14.7 Å². The molecule has 0 unspecified atom stereocenters. The van der Waals surface area contributed by atoms with Gasteiger partial charge in [-0.1, -0.05) is 23.7 Å². The Morgan fingerprint density at radius 2 is 1.76 bits per heavy atom. The van der Waals surface area contributed by atoms with Crippen LogP contribution < -0.4 is 5.32 Å². The fraction of sp³-hybridized carbons (Fsp3) is 0.500. The molecule has 1 aliphatic rings. The van der Waals surface area contributed by atoms with E-state index in [0.717, 1.165) is 24.8 Å². The van der Waals surface area contributed by atoms with E-state index < -0.39 is 5.97 Å². The number of halogens is 1. The van der Waals surface area contributed by atoms with Gasteiger partial charge in [-0.25, -0.2) is 0 Å². The van der Waals surface area contributed by atoms with E-state index in [0.29, 0.717) is 24.3 Å². The van der Waals surface area contributed by atoms with Crippen LogP contribution in [0, 0.1) is 0 Å². The molecular formula is C16H20ClNO3. The van der Waals surface area contributed by atoms with Crippen LogP contribution in [-0.2, 0) is 15.1 Å². The number of amides is 1. The third kappa shape index (κ3) is 4.21. The average Bonchev–Trinajstić information content (AvgIpc) is 2.40. The van der Waals surface area contributed by atoms with Crippen molar-refractivity contribution in [1.29, 1.82) is 0 Å². The summed E-state index contributed by atoms with van der Waals surface area (Å²) in [6.07, 6.45) is 4.62. The number of benzene rings is 1. The zero-order chi connectivity index (χ0) is 15.3. The molecule has 0 spiro atoms. The number of hydrogen-bond donors (Lipinski definition) is 2. The third-order valence-corrected chi connectivity index (χ3v) is 4.28. The van der Waals surface area contributed by atoms with Crippen molar-refractivity contribution in [2.45, 2.75) is 50.5 Å². The third-order valence-electron chi connectivity index (χ3n) is 4.03. The molecule has 1 amide bonds. The van der Waals surface area contributed by atoms with Crippen LogP contribution in [0.5, 0.6) is 0 Å². The smallest absolute Gasteiger partial charge is 0.303 e. The molecule has 1 aliphatic carbocycles.